The number of nitrogens with one attached hydrogen (secondary N) is 2. The zero-order valence-electron chi connectivity index (χ0n) is 19.6. The van der Waals surface area contributed by atoms with E-state index in [1.807, 2.05) is 84.9 Å². The Morgan fingerprint density at radius 1 is 0.806 bits per heavy atom. The summed E-state index contributed by atoms with van der Waals surface area (Å²) in [5.41, 5.74) is 3.59. The molecule has 1 atom stereocenters. The molecule has 0 aromatic heterocycles. The highest BCUT2D eigenvalue weighted by Crippen LogP contribution is 2.27. The van der Waals surface area contributed by atoms with E-state index in [0.29, 0.717) is 17.1 Å². The summed E-state index contributed by atoms with van der Waals surface area (Å²) in [4.78, 5) is 32.3. The van der Waals surface area contributed by atoms with Gasteiger partial charge < -0.3 is 20.3 Å². The standard InChI is InChI=1S/C29H24N4O3/c1-33-25-15-9-8-14-24(25)26(20-10-4-2-5-11-20)31-27(28(33)34)32-29(35)30-21-16-18-23(19-17-21)36-22-12-6-3-7-13-22/h2-19,27H,1H3,(H2,30,32,35). The van der Waals surface area contributed by atoms with Crippen molar-refractivity contribution in [1.82, 2.24) is 5.32 Å². The molecule has 1 heterocycles. The van der Waals surface area contributed by atoms with Gasteiger partial charge in [0.25, 0.3) is 5.91 Å². The van der Waals surface area contributed by atoms with Gasteiger partial charge in [0.1, 0.15) is 11.5 Å². The van der Waals surface area contributed by atoms with Crippen LogP contribution in [0.1, 0.15) is 11.1 Å². The predicted molar refractivity (Wildman–Crippen MR) is 141 cm³/mol. The minimum atomic E-state index is -1.10. The van der Waals surface area contributed by atoms with Crippen LogP contribution >= 0.6 is 0 Å². The number of benzodiazepines with no additional fused rings is 1. The number of rotatable bonds is 5. The lowest BCUT2D eigenvalue weighted by atomic mass is 10.0. The Morgan fingerprint density at radius 2 is 1.42 bits per heavy atom. The highest BCUT2D eigenvalue weighted by atomic mass is 16.5. The smallest absolute Gasteiger partial charge is 0.321 e. The number of carbonyl (C=O) groups excluding carboxylic acids is 2. The zero-order valence-corrected chi connectivity index (χ0v) is 19.6. The summed E-state index contributed by atoms with van der Waals surface area (Å²) in [5.74, 6) is 1.03. The Morgan fingerprint density at radius 3 is 2.14 bits per heavy atom. The number of urea groups is 1. The molecule has 1 aliphatic heterocycles. The minimum Gasteiger partial charge on any atom is -0.457 e. The fourth-order valence-electron chi connectivity index (χ4n) is 3.96. The van der Waals surface area contributed by atoms with E-state index in [0.717, 1.165) is 22.6 Å². The third-order valence-electron chi connectivity index (χ3n) is 5.75. The fourth-order valence-corrected chi connectivity index (χ4v) is 3.96. The number of hydrogen-bond acceptors (Lipinski definition) is 4. The van der Waals surface area contributed by atoms with Crippen molar-refractivity contribution in [3.8, 4) is 11.5 Å². The Hall–Kier alpha value is -4.91. The first-order valence-electron chi connectivity index (χ1n) is 11.5. The molecule has 2 N–H and O–H groups in total. The molecule has 0 aliphatic carbocycles. The van der Waals surface area contributed by atoms with Crippen LogP contribution in [0.25, 0.3) is 0 Å². The number of amides is 3. The highest BCUT2D eigenvalue weighted by molar-refractivity contribution is 6.20. The van der Waals surface area contributed by atoms with Crippen molar-refractivity contribution in [3.63, 3.8) is 0 Å². The van der Waals surface area contributed by atoms with E-state index in [-0.39, 0.29) is 5.91 Å². The minimum absolute atomic E-state index is 0.338. The highest BCUT2D eigenvalue weighted by Gasteiger charge is 2.30. The van der Waals surface area contributed by atoms with Crippen LogP contribution < -0.4 is 20.3 Å². The van der Waals surface area contributed by atoms with E-state index >= 15 is 0 Å². The van der Waals surface area contributed by atoms with Gasteiger partial charge in [-0.15, -0.1) is 0 Å². The van der Waals surface area contributed by atoms with E-state index < -0.39 is 12.2 Å². The lowest BCUT2D eigenvalue weighted by Crippen LogP contribution is -2.47. The summed E-state index contributed by atoms with van der Waals surface area (Å²) in [5, 5.41) is 5.48. The van der Waals surface area contributed by atoms with Crippen molar-refractivity contribution in [1.29, 1.82) is 0 Å². The molecule has 0 radical (unpaired) electrons. The van der Waals surface area contributed by atoms with E-state index in [1.165, 1.54) is 4.90 Å². The lowest BCUT2D eigenvalue weighted by Gasteiger charge is -2.21. The van der Waals surface area contributed by atoms with Gasteiger partial charge in [-0.1, -0.05) is 66.7 Å². The molecule has 1 unspecified atom stereocenters. The maximum absolute atomic E-state index is 13.3. The largest absolute Gasteiger partial charge is 0.457 e. The van der Waals surface area contributed by atoms with Gasteiger partial charge in [0, 0.05) is 23.9 Å². The Labute approximate surface area is 209 Å². The molecule has 3 amide bonds. The molecule has 0 spiro atoms. The predicted octanol–water partition coefficient (Wildman–Crippen LogP) is 5.44. The third-order valence-corrected chi connectivity index (χ3v) is 5.75. The number of carbonyl (C=O) groups is 2. The van der Waals surface area contributed by atoms with Crippen LogP contribution in [-0.2, 0) is 4.79 Å². The van der Waals surface area contributed by atoms with Gasteiger partial charge >= 0.3 is 6.03 Å². The summed E-state index contributed by atoms with van der Waals surface area (Å²) in [6.45, 7) is 0. The van der Waals surface area contributed by atoms with E-state index in [4.69, 9.17) is 9.73 Å². The zero-order chi connectivity index (χ0) is 24.9. The molecule has 4 aromatic rings. The first-order chi connectivity index (χ1) is 17.6. The Kier molecular flexibility index (Phi) is 6.44. The first kappa shape index (κ1) is 22.9. The van der Waals surface area contributed by atoms with Gasteiger partial charge in [0.05, 0.1) is 11.4 Å². The molecule has 7 heteroatoms. The number of ether oxygens (including phenoxy) is 1. The van der Waals surface area contributed by atoms with Crippen LogP contribution in [0.2, 0.25) is 0 Å². The molecule has 0 saturated heterocycles. The third kappa shape index (κ3) is 4.95. The molecular weight excluding hydrogens is 452 g/mol. The van der Waals surface area contributed by atoms with Crippen LogP contribution in [0.5, 0.6) is 11.5 Å². The van der Waals surface area contributed by atoms with Gasteiger partial charge in [-0.2, -0.15) is 0 Å². The van der Waals surface area contributed by atoms with Gasteiger partial charge in [0.15, 0.2) is 0 Å². The van der Waals surface area contributed by atoms with Crippen LogP contribution in [0.15, 0.2) is 114 Å². The molecule has 178 valence electrons. The second kappa shape index (κ2) is 10.1. The monoisotopic (exact) mass is 476 g/mol. The number of para-hydroxylation sites is 2. The quantitative estimate of drug-likeness (QED) is 0.402. The van der Waals surface area contributed by atoms with Crippen molar-refractivity contribution in [2.45, 2.75) is 6.17 Å². The van der Waals surface area contributed by atoms with Gasteiger partial charge in [0.2, 0.25) is 6.17 Å². The summed E-state index contributed by atoms with van der Waals surface area (Å²) in [7, 11) is 1.68. The van der Waals surface area contributed by atoms with Crippen molar-refractivity contribution < 1.29 is 14.3 Å². The van der Waals surface area contributed by atoms with Crippen molar-refractivity contribution in [2.75, 3.05) is 17.3 Å². The molecule has 0 saturated carbocycles. The van der Waals surface area contributed by atoms with Gasteiger partial charge in [-0.3, -0.25) is 4.79 Å². The first-order valence-corrected chi connectivity index (χ1v) is 11.5. The maximum Gasteiger partial charge on any atom is 0.321 e. The molecule has 1 aliphatic rings. The second-order valence-corrected chi connectivity index (χ2v) is 8.20. The average molecular weight is 477 g/mol. The summed E-state index contributed by atoms with van der Waals surface area (Å²) >= 11 is 0. The molecule has 0 fully saturated rings. The van der Waals surface area contributed by atoms with E-state index in [2.05, 4.69) is 10.6 Å². The number of anilines is 2. The van der Waals surface area contributed by atoms with Crippen molar-refractivity contribution >= 4 is 29.0 Å². The summed E-state index contributed by atoms with van der Waals surface area (Å²) < 4.78 is 5.79. The molecule has 4 aromatic carbocycles. The number of aliphatic imine (C=N–C) groups is 1. The maximum atomic E-state index is 13.3. The molecule has 5 rings (SSSR count). The van der Waals surface area contributed by atoms with Crippen LogP contribution in [0, 0.1) is 0 Å². The molecule has 0 bridgehead atoms. The Bertz CT molecular complexity index is 1400. The molecule has 7 nitrogen and oxygen atoms in total. The number of fused-ring (bicyclic) bond motifs is 1. The molecule has 36 heavy (non-hydrogen) atoms. The van der Waals surface area contributed by atoms with Crippen molar-refractivity contribution in [2.24, 2.45) is 4.99 Å². The number of hydrogen-bond donors (Lipinski definition) is 2. The summed E-state index contributed by atoms with van der Waals surface area (Å²) in [6.07, 6.45) is -1.10. The fraction of sp³-hybridized carbons (Fsp3) is 0.0690. The van der Waals surface area contributed by atoms with Crippen LogP contribution in [0.4, 0.5) is 16.2 Å². The average Bonchev–Trinajstić information content (AvgIpc) is 3.01. The normalized spacial score (nSPS) is 14.8. The lowest BCUT2D eigenvalue weighted by molar-refractivity contribution is -0.119. The van der Waals surface area contributed by atoms with Gasteiger partial charge in [-0.25, -0.2) is 9.79 Å². The van der Waals surface area contributed by atoms with Gasteiger partial charge in [-0.05, 0) is 42.5 Å². The number of benzene rings is 4. The SMILES string of the molecule is CN1C(=O)C(NC(=O)Nc2ccc(Oc3ccccc3)cc2)N=C(c2ccccc2)c2ccccc21. The van der Waals surface area contributed by atoms with Crippen molar-refractivity contribution in [3.05, 3.63) is 120 Å². The Balaban J connectivity index is 1.34. The number of likely N-dealkylation sites (N-methyl/N-ethyl adjacent to an activating group) is 1. The van der Waals surface area contributed by atoms with Crippen LogP contribution in [0.3, 0.4) is 0 Å². The second-order valence-electron chi connectivity index (χ2n) is 8.20. The van der Waals surface area contributed by atoms with Crippen LogP contribution in [-0.4, -0.2) is 30.9 Å². The topological polar surface area (TPSA) is 83.0 Å². The summed E-state index contributed by atoms with van der Waals surface area (Å²) in [6, 6.07) is 33.1. The number of nitrogens with zero attached hydrogens (tertiary/aromatic N) is 2. The van der Waals surface area contributed by atoms with E-state index in [9.17, 15) is 9.59 Å². The van der Waals surface area contributed by atoms with E-state index in [1.54, 1.807) is 31.3 Å². The molecular formula is C29H24N4O3.